The maximum absolute atomic E-state index is 12.7. The van der Waals surface area contributed by atoms with Crippen LogP contribution in [0, 0.1) is 11.3 Å². The summed E-state index contributed by atoms with van der Waals surface area (Å²) in [6, 6.07) is 5.15. The van der Waals surface area contributed by atoms with Crippen molar-refractivity contribution in [3.8, 4) is 0 Å². The van der Waals surface area contributed by atoms with Crippen LogP contribution in [-0.4, -0.2) is 52.7 Å². The number of halogens is 1. The number of hydrogen-bond donors (Lipinski definition) is 4. The molecule has 36 heavy (non-hydrogen) atoms. The second kappa shape index (κ2) is 14.8. The molecule has 2 atom stereocenters. The zero-order chi connectivity index (χ0) is 27.5. The average Bonchev–Trinajstić information content (AvgIpc) is 2.80. The number of benzene rings is 1. The highest BCUT2D eigenvalue weighted by atomic mass is 127. The van der Waals surface area contributed by atoms with Crippen LogP contribution in [0.25, 0.3) is 0 Å². The van der Waals surface area contributed by atoms with Crippen LogP contribution in [0.5, 0.6) is 0 Å². The quantitative estimate of drug-likeness (QED) is 0.161. The van der Waals surface area contributed by atoms with E-state index in [1.807, 2.05) is 22.6 Å². The Labute approximate surface area is 226 Å². The Bertz CT molecular complexity index is 927. The van der Waals surface area contributed by atoms with Crippen LogP contribution in [0.1, 0.15) is 53.5 Å². The molecule has 10 nitrogen and oxygen atoms in total. The Balaban J connectivity index is 2.59. The Kier molecular flexibility index (Phi) is 12.8. The van der Waals surface area contributed by atoms with Crippen LogP contribution in [0.3, 0.4) is 0 Å². The number of carbonyl (C=O) groups is 5. The lowest BCUT2D eigenvalue weighted by Gasteiger charge is -2.24. The number of esters is 1. The summed E-state index contributed by atoms with van der Waals surface area (Å²) in [4.78, 5) is 60.7. The maximum Gasteiger partial charge on any atom is 0.311 e. The number of carbonyl (C=O) groups excluding carboxylic acids is 5. The molecule has 4 N–H and O–H groups in total. The van der Waals surface area contributed by atoms with Gasteiger partial charge in [0.05, 0.1) is 9.84 Å². The van der Waals surface area contributed by atoms with Crippen molar-refractivity contribution >= 4 is 57.9 Å². The molecule has 0 aliphatic heterocycles. The highest BCUT2D eigenvalue weighted by Gasteiger charge is 2.27. The van der Waals surface area contributed by atoms with Crippen LogP contribution in [-0.2, 0) is 35.3 Å². The highest BCUT2D eigenvalue weighted by Crippen LogP contribution is 2.17. The number of anilines is 1. The van der Waals surface area contributed by atoms with Crippen LogP contribution in [0.4, 0.5) is 5.69 Å². The Morgan fingerprint density at radius 3 is 2.06 bits per heavy atom. The van der Waals surface area contributed by atoms with E-state index in [1.165, 1.54) is 0 Å². The molecular weight excluding hydrogens is 579 g/mol. The summed E-state index contributed by atoms with van der Waals surface area (Å²) < 4.78 is 5.58. The minimum atomic E-state index is -0.856. The number of amides is 4. The van der Waals surface area contributed by atoms with Gasteiger partial charge in [0.25, 0.3) is 0 Å². The van der Waals surface area contributed by atoms with Crippen molar-refractivity contribution < 1.29 is 28.7 Å². The lowest BCUT2D eigenvalue weighted by molar-refractivity contribution is -0.154. The van der Waals surface area contributed by atoms with Gasteiger partial charge in [-0.25, -0.2) is 0 Å². The molecule has 0 spiro atoms. The predicted molar refractivity (Wildman–Crippen MR) is 145 cm³/mol. The minimum absolute atomic E-state index is 0.0420. The summed E-state index contributed by atoms with van der Waals surface area (Å²) in [6.45, 7) is 10.8. The van der Waals surface area contributed by atoms with E-state index in [9.17, 15) is 24.0 Å². The molecule has 0 saturated carbocycles. The summed E-state index contributed by atoms with van der Waals surface area (Å²) in [5.74, 6) is -1.96. The minimum Gasteiger partial charge on any atom is -0.460 e. The third-order valence-electron chi connectivity index (χ3n) is 5.02. The summed E-state index contributed by atoms with van der Waals surface area (Å²) >= 11 is 1.93. The van der Waals surface area contributed by atoms with Gasteiger partial charge in [-0.15, -0.1) is 0 Å². The van der Waals surface area contributed by atoms with Gasteiger partial charge in [0.15, 0.2) is 0 Å². The zero-order valence-electron chi connectivity index (χ0n) is 21.7. The number of alkyl halides is 1. The van der Waals surface area contributed by atoms with Gasteiger partial charge in [0.1, 0.15) is 18.7 Å². The van der Waals surface area contributed by atoms with Crippen molar-refractivity contribution in [2.75, 3.05) is 16.3 Å². The molecule has 0 aliphatic carbocycles. The molecule has 4 amide bonds. The maximum atomic E-state index is 12.7. The molecular formula is C25H37IN4O6. The molecule has 0 bridgehead atoms. The third-order valence-corrected chi connectivity index (χ3v) is 5.71. The first-order valence-corrected chi connectivity index (χ1v) is 13.3. The predicted octanol–water partition coefficient (Wildman–Crippen LogP) is 2.30. The largest absolute Gasteiger partial charge is 0.460 e. The van der Waals surface area contributed by atoms with Crippen molar-refractivity contribution in [2.24, 2.45) is 11.3 Å². The fourth-order valence-corrected chi connectivity index (χ4v) is 3.08. The van der Waals surface area contributed by atoms with Crippen LogP contribution in [0.15, 0.2) is 24.3 Å². The van der Waals surface area contributed by atoms with Crippen molar-refractivity contribution in [1.82, 2.24) is 16.0 Å². The van der Waals surface area contributed by atoms with Gasteiger partial charge in [-0.2, -0.15) is 0 Å². The number of rotatable bonds is 12. The summed E-state index contributed by atoms with van der Waals surface area (Å²) in [5.41, 5.74) is 0.711. The lowest BCUT2D eigenvalue weighted by Crippen LogP contribution is -2.54. The van der Waals surface area contributed by atoms with Gasteiger partial charge in [-0.1, -0.05) is 48.6 Å². The molecule has 0 heterocycles. The first-order chi connectivity index (χ1) is 16.7. The summed E-state index contributed by atoms with van der Waals surface area (Å²) in [5, 5.41) is 10.6. The van der Waals surface area contributed by atoms with Gasteiger partial charge in [0.2, 0.25) is 23.6 Å². The van der Waals surface area contributed by atoms with E-state index >= 15 is 0 Å². The van der Waals surface area contributed by atoms with Crippen molar-refractivity contribution in [2.45, 2.75) is 66.7 Å². The SMILES string of the molecule is CC(C)[C@H](NC(=O)CCNC(=O)CI)C(=O)N[C@@H](C)C(=O)Nc1ccc(COC(=O)C(C)(C)C)cc1. The topological polar surface area (TPSA) is 143 Å². The van der Waals surface area contributed by atoms with E-state index in [1.54, 1.807) is 65.8 Å². The normalized spacial score (nSPS) is 12.8. The second-order valence-electron chi connectivity index (χ2n) is 9.77. The third kappa shape index (κ3) is 11.4. The van der Waals surface area contributed by atoms with Gasteiger partial charge in [-0.05, 0) is 51.3 Å². The van der Waals surface area contributed by atoms with Crippen LogP contribution < -0.4 is 21.3 Å². The molecule has 1 aromatic carbocycles. The fourth-order valence-electron chi connectivity index (χ4n) is 2.81. The zero-order valence-corrected chi connectivity index (χ0v) is 23.9. The number of hydrogen-bond acceptors (Lipinski definition) is 6. The molecule has 0 aromatic heterocycles. The van der Waals surface area contributed by atoms with Crippen LogP contribution >= 0.6 is 22.6 Å². The number of nitrogens with one attached hydrogen (secondary N) is 4. The Hall–Kier alpha value is -2.70. The highest BCUT2D eigenvalue weighted by molar-refractivity contribution is 14.1. The molecule has 0 saturated heterocycles. The van der Waals surface area contributed by atoms with E-state index in [-0.39, 0.29) is 43.3 Å². The van der Waals surface area contributed by atoms with Crippen molar-refractivity contribution in [3.05, 3.63) is 29.8 Å². The molecule has 0 unspecified atom stereocenters. The van der Waals surface area contributed by atoms with Gasteiger partial charge >= 0.3 is 5.97 Å². The molecule has 1 rings (SSSR count). The van der Waals surface area contributed by atoms with Crippen LogP contribution in [0.2, 0.25) is 0 Å². The summed E-state index contributed by atoms with van der Waals surface area (Å²) in [7, 11) is 0. The number of ether oxygens (including phenoxy) is 1. The second-order valence-corrected chi connectivity index (χ2v) is 10.5. The molecule has 11 heteroatoms. The first kappa shape index (κ1) is 31.3. The van der Waals surface area contributed by atoms with E-state index in [4.69, 9.17) is 4.74 Å². The Morgan fingerprint density at radius 2 is 1.53 bits per heavy atom. The van der Waals surface area contributed by atoms with Gasteiger partial charge < -0.3 is 26.0 Å². The standard InChI is InChI=1S/C25H37IN4O6/c1-15(2)21(30-19(31)11-12-27-20(32)13-26)23(34)28-16(3)22(33)29-18-9-7-17(8-10-18)14-36-24(35)25(4,5)6/h7-10,15-16,21H,11-14H2,1-6H3,(H,27,32)(H,28,34)(H,29,33)(H,30,31)/t16-,21-/m0/s1. The van der Waals surface area contributed by atoms with Crippen molar-refractivity contribution in [1.29, 1.82) is 0 Å². The monoisotopic (exact) mass is 616 g/mol. The Morgan fingerprint density at radius 1 is 0.917 bits per heavy atom. The smallest absolute Gasteiger partial charge is 0.311 e. The van der Waals surface area contributed by atoms with Gasteiger partial charge in [0, 0.05) is 18.7 Å². The molecule has 0 radical (unpaired) electrons. The fraction of sp³-hybridized carbons (Fsp3) is 0.560. The van der Waals surface area contributed by atoms with E-state index in [0.29, 0.717) is 10.1 Å². The molecule has 0 aliphatic rings. The van der Waals surface area contributed by atoms with E-state index < -0.39 is 29.3 Å². The first-order valence-electron chi connectivity index (χ1n) is 11.7. The van der Waals surface area contributed by atoms with Gasteiger partial charge in [-0.3, -0.25) is 24.0 Å². The van der Waals surface area contributed by atoms with Crippen molar-refractivity contribution in [3.63, 3.8) is 0 Å². The van der Waals surface area contributed by atoms with E-state index in [2.05, 4.69) is 21.3 Å². The van der Waals surface area contributed by atoms with E-state index in [0.717, 1.165) is 5.56 Å². The molecule has 1 aromatic rings. The summed E-state index contributed by atoms with van der Waals surface area (Å²) in [6.07, 6.45) is 0.0420. The average molecular weight is 616 g/mol. The molecule has 0 fully saturated rings. The lowest BCUT2D eigenvalue weighted by atomic mass is 9.97. The molecule has 200 valence electrons.